The van der Waals surface area contributed by atoms with Gasteiger partial charge in [0.25, 0.3) is 17.4 Å². The average Bonchev–Trinajstić information content (AvgIpc) is 1.58. The summed E-state index contributed by atoms with van der Waals surface area (Å²) in [5.74, 6) is 0.721. The number of hydrogen-bond donors (Lipinski definition) is 1. The molecule has 0 saturated heterocycles. The summed E-state index contributed by atoms with van der Waals surface area (Å²) in [5, 5.41) is 50.0. The fraction of sp³-hybridized carbons (Fsp3) is 0.355. The zero-order valence-corrected chi connectivity index (χ0v) is 69.4. The highest BCUT2D eigenvalue weighted by atomic mass is 16.7. The lowest BCUT2D eigenvalue weighted by Crippen LogP contribution is -2.41. The van der Waals surface area contributed by atoms with Crippen molar-refractivity contribution in [3.8, 4) is 11.8 Å². The smallest absolute Gasteiger partial charge is 0.279 e. The summed E-state index contributed by atoms with van der Waals surface area (Å²) in [5.41, 5.74) is 23.0. The Bertz CT molecular complexity index is 5250. The van der Waals surface area contributed by atoms with E-state index in [1.807, 2.05) is 202 Å². The molecule has 0 bridgehead atoms. The van der Waals surface area contributed by atoms with Gasteiger partial charge in [0, 0.05) is 98.0 Å². The van der Waals surface area contributed by atoms with Crippen LogP contribution in [0.15, 0.2) is 223 Å². The quantitative estimate of drug-likeness (QED) is 0.139. The maximum Gasteiger partial charge on any atom is 0.279 e. The number of rotatable bonds is 8. The van der Waals surface area contributed by atoms with Crippen molar-refractivity contribution in [2.75, 3.05) is 26.1 Å². The lowest BCUT2D eigenvalue weighted by molar-refractivity contribution is -0.139. The first-order valence-electron chi connectivity index (χ1n) is 39.0. The first-order chi connectivity index (χ1) is 56.2. The molecule has 0 fully saturated rings. The van der Waals surface area contributed by atoms with E-state index in [0.717, 1.165) is 134 Å². The number of anilines is 1. The number of benzene rings is 8. The Morgan fingerprint density at radius 3 is 1.47 bits per heavy atom. The number of oxime groups is 8. The molecule has 10 heterocycles. The molecule has 10 aliphatic rings. The van der Waals surface area contributed by atoms with Gasteiger partial charge in [0.1, 0.15) is 17.9 Å². The van der Waals surface area contributed by atoms with Crippen LogP contribution in [0, 0.1) is 52.5 Å². The van der Waals surface area contributed by atoms with E-state index in [1.54, 1.807) is 37.1 Å². The molecule has 7 unspecified atom stereocenters. The number of carbonyl (C=O) groups is 2. The van der Waals surface area contributed by atoms with Crippen LogP contribution in [0.1, 0.15) is 226 Å². The summed E-state index contributed by atoms with van der Waals surface area (Å²) in [4.78, 5) is 73.8. The lowest BCUT2D eigenvalue weighted by Gasteiger charge is -2.29. The number of fused-ring (bicyclic) bond motifs is 4. The third-order valence-corrected chi connectivity index (χ3v) is 21.1. The number of likely N-dealkylation sites (N-methyl/N-ethyl adjacent to an activating group) is 1. The van der Waals surface area contributed by atoms with E-state index >= 15 is 0 Å². The molecule has 1 N–H and O–H groups in total. The molecule has 24 heteroatoms. The van der Waals surface area contributed by atoms with Crippen LogP contribution >= 0.6 is 0 Å². The van der Waals surface area contributed by atoms with Gasteiger partial charge in [-0.3, -0.25) is 14.5 Å². The molecule has 18 rings (SSSR count). The van der Waals surface area contributed by atoms with Crippen LogP contribution in [-0.2, 0) is 67.0 Å². The highest BCUT2D eigenvalue weighted by Gasteiger charge is 2.56. The van der Waals surface area contributed by atoms with E-state index in [9.17, 15) is 14.7 Å². The highest BCUT2D eigenvalue weighted by Crippen LogP contribution is 2.48. The van der Waals surface area contributed by atoms with Gasteiger partial charge in [-0.1, -0.05) is 211 Å². The summed E-state index contributed by atoms with van der Waals surface area (Å²) in [6.45, 7) is 33.0. The number of carbonyl (C=O) groups excluding carboxylic acids is 2. The van der Waals surface area contributed by atoms with Crippen molar-refractivity contribution in [3.63, 3.8) is 0 Å². The van der Waals surface area contributed by atoms with Crippen LogP contribution in [0.5, 0.6) is 5.75 Å². The molecule has 24 nitrogen and oxygen atoms in total. The monoisotopic (exact) mass is 1580 g/mol. The first-order valence-corrected chi connectivity index (χ1v) is 39.0. The molecule has 8 atom stereocenters. The summed E-state index contributed by atoms with van der Waals surface area (Å²) >= 11 is 0. The Hall–Kier alpha value is -12.8. The van der Waals surface area contributed by atoms with Crippen molar-refractivity contribution in [1.29, 1.82) is 5.26 Å². The van der Waals surface area contributed by atoms with Gasteiger partial charge in [0.2, 0.25) is 11.3 Å². The second kappa shape index (κ2) is 38.1. The molecule has 606 valence electrons. The molecule has 8 aromatic rings. The topological polar surface area (TPSA) is 271 Å². The minimum atomic E-state index is -0.897. The number of nitrogens with zero attached hydrogens (tertiary/aromatic N) is 12. The normalized spacial score (nSPS) is 22.6. The van der Waals surface area contributed by atoms with Crippen molar-refractivity contribution in [3.05, 3.63) is 277 Å². The molecule has 8 aromatic carbocycles. The molecule has 117 heavy (non-hydrogen) atoms. The van der Waals surface area contributed by atoms with Gasteiger partial charge in [-0.2, -0.15) is 5.26 Å². The van der Waals surface area contributed by atoms with E-state index in [1.165, 1.54) is 38.9 Å². The minimum Gasteiger partial charge on any atom is -0.496 e. The van der Waals surface area contributed by atoms with Gasteiger partial charge >= 0.3 is 0 Å². The number of aliphatic hydroxyl groups is 1. The maximum atomic E-state index is 12.3. The largest absolute Gasteiger partial charge is 0.496 e. The van der Waals surface area contributed by atoms with Crippen LogP contribution in [-0.4, -0.2) is 88.7 Å². The average molecular weight is 1580 g/mol. The van der Waals surface area contributed by atoms with E-state index < -0.39 is 16.9 Å². The number of ether oxygens (including phenoxy) is 1. The molecular weight excluding hydrogens is 1480 g/mol. The van der Waals surface area contributed by atoms with E-state index in [4.69, 9.17) is 55.3 Å². The Morgan fingerprint density at radius 1 is 0.487 bits per heavy atom. The Labute approximate surface area is 685 Å². The van der Waals surface area contributed by atoms with Crippen LogP contribution in [0.3, 0.4) is 0 Å². The summed E-state index contributed by atoms with van der Waals surface area (Å²) < 4.78 is 5.37. The fourth-order valence-corrected chi connectivity index (χ4v) is 15.4. The molecule has 2 amide bonds. The third kappa shape index (κ3) is 19.6. The molecule has 2 spiro atoms. The molecule has 0 aliphatic carbocycles. The molecule has 0 radical (unpaired) electrons. The van der Waals surface area contributed by atoms with Crippen LogP contribution in [0.25, 0.3) is 4.85 Å². The van der Waals surface area contributed by atoms with E-state index in [0.29, 0.717) is 24.9 Å². The fourth-order valence-electron chi connectivity index (χ4n) is 15.4. The minimum absolute atomic E-state index is 0.000463. The zero-order valence-electron chi connectivity index (χ0n) is 69.4. The second-order valence-electron chi connectivity index (χ2n) is 30.6. The van der Waals surface area contributed by atoms with Gasteiger partial charge in [0.05, 0.1) is 78.1 Å². The third-order valence-electron chi connectivity index (χ3n) is 21.1. The molecule has 0 saturated carbocycles. The summed E-state index contributed by atoms with van der Waals surface area (Å²) in [6, 6.07) is 61.2. The SMILES string of the molecule is CC1=NOC(c2c(C)cc(C)cc2C)C1.CC1=NOC(c2ccccc2)C1.CC1=NOC(c2ccccc2C)C1.CC1=NOC2(C1)C(=O)N(C)c1ccccc12.CC1=NOC2(C1)c1ccccc1C(=O)N2C.CC1=NO[C@@](C#N)(c2ccccc2)C1.COc1cc(C)cc(CO)c1C1CC(C)=NO1.[C-]#[N+]c1ccccc1C1CC(C)=NO1. The van der Waals surface area contributed by atoms with E-state index in [-0.39, 0.29) is 48.9 Å². The number of aryl methyl sites for hydroxylation is 5. The number of para-hydroxylation sites is 2. The van der Waals surface area contributed by atoms with E-state index in [2.05, 4.69) is 116 Å². The second-order valence-corrected chi connectivity index (χ2v) is 30.6. The molecule has 10 aliphatic heterocycles. The van der Waals surface area contributed by atoms with Crippen molar-refractivity contribution in [2.24, 2.45) is 41.2 Å². The molecule has 0 aromatic heterocycles. The van der Waals surface area contributed by atoms with Gasteiger partial charge in [-0.15, -0.1) is 0 Å². The number of hydrogen-bond acceptors (Lipinski definition) is 21. The number of nitriles is 1. The Balaban J connectivity index is 0.000000132. The van der Waals surface area contributed by atoms with Crippen molar-refractivity contribution >= 4 is 68.9 Å². The van der Waals surface area contributed by atoms with Crippen LogP contribution in [0.2, 0.25) is 0 Å². The van der Waals surface area contributed by atoms with Gasteiger partial charge in [-0.05, 0) is 147 Å². The van der Waals surface area contributed by atoms with Gasteiger partial charge in [-0.25, -0.2) is 4.85 Å². The zero-order chi connectivity index (χ0) is 83.7. The number of methoxy groups -OCH3 is 1. The lowest BCUT2D eigenvalue weighted by atomic mass is 9.91. The van der Waals surface area contributed by atoms with Crippen LogP contribution < -0.4 is 9.64 Å². The van der Waals surface area contributed by atoms with Crippen molar-refractivity contribution in [2.45, 2.75) is 195 Å². The Morgan fingerprint density at radius 2 is 0.957 bits per heavy atom. The van der Waals surface area contributed by atoms with Gasteiger partial charge < -0.3 is 53.4 Å². The summed E-state index contributed by atoms with van der Waals surface area (Å²) in [7, 11) is 5.16. The van der Waals surface area contributed by atoms with Crippen LogP contribution in [0.4, 0.5) is 11.4 Å². The first kappa shape index (κ1) is 85.1. The predicted octanol–water partition coefficient (Wildman–Crippen LogP) is 19.8. The van der Waals surface area contributed by atoms with Crippen molar-refractivity contribution < 1.29 is 58.1 Å². The Kier molecular flexibility index (Phi) is 27.7. The number of amides is 2. The van der Waals surface area contributed by atoms with Gasteiger partial charge in [0.15, 0.2) is 30.1 Å². The summed E-state index contributed by atoms with van der Waals surface area (Å²) in [6.07, 6.45) is 6.23. The highest BCUT2D eigenvalue weighted by molar-refractivity contribution is 6.10. The standard InChI is InChI=1S/C13H17NO3.C13H17NO.2C12H12N2O2.2C11H10N2O.C11H13NO.C10H11NO/c1-8-4-10(7-15)13(11(5-8)16-3)12-6-9(2)14-17-12;1-8-5-9(2)13(10(3)6-8)12-7-11(4)14-15-12;1-8-7-12(16-13-8)9-5-3-4-6-10(9)14(2)11(12)15;1-8-7-12(16-13-8)10-6-4-3-5-9(10)11(15)14(12)2;1-8-7-11(14-13-8)9-5-3-4-6-10(9)12-2;1-9-7-11(8-12,14-13-9)10-5-3-2-4-6-10;1-8-5-3-4-6-10(8)11-7-9(2)12-13-11;1-8-7-10(12-11-8)9-5-3-2-4-6-9/h4-5,12,15H,6-7H2,1-3H3;5-6,12H,7H2,1-4H3;2*3-6H,7H2,1-2H3;3-6,11H,7H2,1H3;2-6H,7H2,1H3;3-6,11H,7H2,1-2H3;2-6,10H,7H2,1H3/t;;;;;11-;;/m.....0../s1. The molecular formula is C93H102N12O12. The number of aliphatic hydroxyl groups excluding tert-OH is 1. The maximum absolute atomic E-state index is 12.3. The van der Waals surface area contributed by atoms with Crippen molar-refractivity contribution in [1.82, 2.24) is 4.90 Å². The predicted molar refractivity (Wildman–Crippen MR) is 454 cm³/mol.